The molecule has 3 rings (SSSR count). The Balaban J connectivity index is 1.98. The highest BCUT2D eigenvalue weighted by molar-refractivity contribution is 8.06. The fourth-order valence-electron chi connectivity index (χ4n) is 2.69. The molecule has 0 amide bonds. The summed E-state index contributed by atoms with van der Waals surface area (Å²) >= 11 is 10.1. The summed E-state index contributed by atoms with van der Waals surface area (Å²) in [4.78, 5) is 4.77. The molecule has 1 atom stereocenters. The van der Waals surface area contributed by atoms with Crippen LogP contribution in [-0.2, 0) is 20.0 Å². The number of imidazole rings is 1. The molecule has 0 aliphatic carbocycles. The number of thioether (sulfide) groups is 2. The Morgan fingerprint density at radius 3 is 2.95 bits per heavy atom. The lowest BCUT2D eigenvalue weighted by molar-refractivity contribution is 0.641. The van der Waals surface area contributed by atoms with Gasteiger partial charge in [-0.15, -0.1) is 11.6 Å². The van der Waals surface area contributed by atoms with Crippen LogP contribution in [0.15, 0.2) is 0 Å². The van der Waals surface area contributed by atoms with E-state index in [-0.39, 0.29) is 0 Å². The van der Waals surface area contributed by atoms with Gasteiger partial charge in [-0.2, -0.15) is 28.6 Å². The van der Waals surface area contributed by atoms with E-state index in [9.17, 15) is 0 Å². The first-order chi connectivity index (χ1) is 9.70. The summed E-state index contributed by atoms with van der Waals surface area (Å²) in [6, 6.07) is 0. The lowest BCUT2D eigenvalue weighted by Crippen LogP contribution is -2.22. The fraction of sp³-hybridized carbons (Fsp3) is 0.692. The largest absolute Gasteiger partial charge is 0.312 e. The zero-order chi connectivity index (χ0) is 14.1. The average Bonchev–Trinajstić information content (AvgIpc) is 2.92. The second-order valence-corrected chi connectivity index (χ2v) is 7.96. The Bertz CT molecular complexity index is 601. The van der Waals surface area contributed by atoms with Crippen LogP contribution in [0.2, 0.25) is 0 Å². The predicted molar refractivity (Wildman–Crippen MR) is 89.2 cm³/mol. The molecule has 3 heterocycles. The molecule has 1 saturated heterocycles. The first-order valence-electron chi connectivity index (χ1n) is 6.84. The molecule has 0 N–H and O–H groups in total. The van der Waals surface area contributed by atoms with Crippen LogP contribution in [0, 0.1) is 6.92 Å². The van der Waals surface area contributed by atoms with Gasteiger partial charge in [0.15, 0.2) is 5.65 Å². The third-order valence-electron chi connectivity index (χ3n) is 3.56. The standard InChI is InChI=1S/C13H19ClN4S2/c1-9-12-13(17(2)16-9)18(11(15-12)3-4-14)7-10-8-19-5-6-20-10/h10H,3-8H2,1-2H3. The molecule has 0 saturated carbocycles. The number of hydrogen-bond donors (Lipinski definition) is 0. The molecule has 1 aliphatic heterocycles. The second-order valence-electron chi connectivity index (χ2n) is 5.03. The predicted octanol–water partition coefficient (Wildman–Crippen LogP) is 2.71. The van der Waals surface area contributed by atoms with Gasteiger partial charge in [0.25, 0.3) is 0 Å². The third kappa shape index (κ3) is 2.70. The topological polar surface area (TPSA) is 35.6 Å². The Morgan fingerprint density at radius 2 is 2.25 bits per heavy atom. The Kier molecular flexibility index (Phi) is 4.52. The zero-order valence-corrected chi connectivity index (χ0v) is 14.2. The lowest BCUT2D eigenvalue weighted by Gasteiger charge is -2.22. The molecule has 20 heavy (non-hydrogen) atoms. The summed E-state index contributed by atoms with van der Waals surface area (Å²) in [5.74, 6) is 5.47. The monoisotopic (exact) mass is 330 g/mol. The summed E-state index contributed by atoms with van der Waals surface area (Å²) in [5.41, 5.74) is 3.17. The Labute approximate surface area is 132 Å². The lowest BCUT2D eigenvalue weighted by atomic mass is 10.4. The molecule has 0 spiro atoms. The number of halogens is 1. The van der Waals surface area contributed by atoms with Crippen LogP contribution < -0.4 is 0 Å². The molecule has 0 aromatic carbocycles. The number of aryl methyl sites for hydroxylation is 3. The van der Waals surface area contributed by atoms with Crippen molar-refractivity contribution in [1.29, 1.82) is 0 Å². The van der Waals surface area contributed by atoms with Gasteiger partial charge >= 0.3 is 0 Å². The number of hydrogen-bond acceptors (Lipinski definition) is 4. The Hall–Kier alpha value is -0.330. The molecule has 1 aliphatic rings. The maximum atomic E-state index is 5.94. The molecule has 0 bridgehead atoms. The minimum Gasteiger partial charge on any atom is -0.312 e. The molecule has 2 aromatic rings. The van der Waals surface area contributed by atoms with E-state index in [4.69, 9.17) is 16.6 Å². The summed E-state index contributed by atoms with van der Waals surface area (Å²) < 4.78 is 4.29. The van der Waals surface area contributed by atoms with E-state index in [0.717, 1.165) is 35.6 Å². The van der Waals surface area contributed by atoms with E-state index in [0.29, 0.717) is 11.1 Å². The maximum absolute atomic E-state index is 5.94. The van der Waals surface area contributed by atoms with Crippen LogP contribution in [-0.4, -0.2) is 47.7 Å². The van der Waals surface area contributed by atoms with Gasteiger partial charge in [0, 0.05) is 48.4 Å². The van der Waals surface area contributed by atoms with Crippen molar-refractivity contribution in [3.63, 3.8) is 0 Å². The third-order valence-corrected chi connectivity index (χ3v) is 6.57. The quantitative estimate of drug-likeness (QED) is 0.807. The SMILES string of the molecule is Cc1nn(C)c2c1nc(CCCl)n2CC1CSCCS1. The van der Waals surface area contributed by atoms with Crippen LogP contribution in [0.25, 0.3) is 11.2 Å². The minimum atomic E-state index is 0.613. The van der Waals surface area contributed by atoms with Gasteiger partial charge in [-0.1, -0.05) is 0 Å². The second kappa shape index (κ2) is 6.20. The van der Waals surface area contributed by atoms with E-state index in [1.807, 2.05) is 18.7 Å². The van der Waals surface area contributed by atoms with E-state index >= 15 is 0 Å². The summed E-state index contributed by atoms with van der Waals surface area (Å²) in [5, 5.41) is 5.16. The number of nitrogens with zero attached hydrogens (tertiary/aromatic N) is 4. The summed E-state index contributed by atoms with van der Waals surface area (Å²) in [7, 11) is 2.00. The Morgan fingerprint density at radius 1 is 1.40 bits per heavy atom. The first kappa shape index (κ1) is 14.6. The van der Waals surface area contributed by atoms with Crippen molar-refractivity contribution in [1.82, 2.24) is 19.3 Å². The molecule has 1 fully saturated rings. The van der Waals surface area contributed by atoms with Gasteiger partial charge in [0.1, 0.15) is 11.3 Å². The summed E-state index contributed by atoms with van der Waals surface area (Å²) in [6.45, 7) is 3.04. The van der Waals surface area contributed by atoms with Gasteiger partial charge in [-0.3, -0.25) is 4.68 Å². The normalized spacial score (nSPS) is 19.9. The van der Waals surface area contributed by atoms with E-state index < -0.39 is 0 Å². The van der Waals surface area contributed by atoms with Crippen LogP contribution in [0.1, 0.15) is 11.5 Å². The molecule has 110 valence electrons. The van der Waals surface area contributed by atoms with Crippen LogP contribution >= 0.6 is 35.1 Å². The first-order valence-corrected chi connectivity index (χ1v) is 9.58. The highest BCUT2D eigenvalue weighted by atomic mass is 35.5. The van der Waals surface area contributed by atoms with Crippen molar-refractivity contribution >= 4 is 46.3 Å². The highest BCUT2D eigenvalue weighted by Gasteiger charge is 2.21. The molecule has 1 unspecified atom stereocenters. The van der Waals surface area contributed by atoms with Gasteiger partial charge in [0.2, 0.25) is 0 Å². The smallest absolute Gasteiger partial charge is 0.158 e. The van der Waals surface area contributed by atoms with Gasteiger partial charge < -0.3 is 4.57 Å². The molecule has 2 aromatic heterocycles. The average molecular weight is 331 g/mol. The minimum absolute atomic E-state index is 0.613. The number of fused-ring (bicyclic) bond motifs is 1. The molecular formula is C13H19ClN4S2. The van der Waals surface area contributed by atoms with Gasteiger partial charge in [-0.05, 0) is 6.92 Å². The summed E-state index contributed by atoms with van der Waals surface area (Å²) in [6.07, 6.45) is 0.820. The van der Waals surface area contributed by atoms with Crippen molar-refractivity contribution < 1.29 is 0 Å². The molecule has 0 radical (unpaired) electrons. The maximum Gasteiger partial charge on any atom is 0.158 e. The number of aromatic nitrogens is 4. The van der Waals surface area contributed by atoms with E-state index in [1.54, 1.807) is 0 Å². The van der Waals surface area contributed by atoms with Crippen molar-refractivity contribution in [2.75, 3.05) is 23.1 Å². The van der Waals surface area contributed by atoms with Gasteiger partial charge in [-0.25, -0.2) is 4.98 Å². The van der Waals surface area contributed by atoms with Crippen molar-refractivity contribution in [3.05, 3.63) is 11.5 Å². The van der Waals surface area contributed by atoms with Crippen LogP contribution in [0.3, 0.4) is 0 Å². The van der Waals surface area contributed by atoms with Crippen LogP contribution in [0.4, 0.5) is 0 Å². The van der Waals surface area contributed by atoms with E-state index in [2.05, 4.69) is 33.2 Å². The van der Waals surface area contributed by atoms with E-state index in [1.165, 1.54) is 17.3 Å². The number of alkyl halides is 1. The van der Waals surface area contributed by atoms with Crippen molar-refractivity contribution in [2.45, 2.75) is 25.1 Å². The van der Waals surface area contributed by atoms with Crippen molar-refractivity contribution in [2.24, 2.45) is 7.05 Å². The number of rotatable bonds is 4. The zero-order valence-electron chi connectivity index (χ0n) is 11.8. The molecular weight excluding hydrogens is 312 g/mol. The van der Waals surface area contributed by atoms with Gasteiger partial charge in [0.05, 0.1) is 5.69 Å². The van der Waals surface area contributed by atoms with Crippen molar-refractivity contribution in [3.8, 4) is 0 Å². The van der Waals surface area contributed by atoms with Crippen LogP contribution in [0.5, 0.6) is 0 Å². The fourth-order valence-corrected chi connectivity index (χ4v) is 5.51. The molecule has 4 nitrogen and oxygen atoms in total. The molecule has 7 heteroatoms. The highest BCUT2D eigenvalue weighted by Crippen LogP contribution is 2.28.